The molecule has 0 saturated carbocycles. The lowest BCUT2D eigenvalue weighted by Gasteiger charge is -2.19. The zero-order chi connectivity index (χ0) is 10.4. The first kappa shape index (κ1) is 11.6. The van der Waals surface area contributed by atoms with E-state index in [1.54, 1.807) is 0 Å². The van der Waals surface area contributed by atoms with Crippen molar-refractivity contribution in [3.05, 3.63) is 0 Å². The Labute approximate surface area is 87.4 Å². The standard InChI is InChI=1S/C12H21NO/c1-4-5-6-9-13-10-11-7-8-12(2,3)14-11/h11,13H,6-10H2,1-3H3. The van der Waals surface area contributed by atoms with Gasteiger partial charge >= 0.3 is 0 Å². The Bertz CT molecular complexity index is 224. The Hall–Kier alpha value is -0.520. The van der Waals surface area contributed by atoms with E-state index in [9.17, 15) is 0 Å². The van der Waals surface area contributed by atoms with Gasteiger partial charge in [-0.2, -0.15) is 0 Å². The molecule has 0 aromatic heterocycles. The number of rotatable bonds is 4. The molecule has 0 aromatic carbocycles. The van der Waals surface area contributed by atoms with Gasteiger partial charge in [0.1, 0.15) is 0 Å². The molecule has 0 spiro atoms. The summed E-state index contributed by atoms with van der Waals surface area (Å²) >= 11 is 0. The van der Waals surface area contributed by atoms with Crippen LogP contribution in [0.4, 0.5) is 0 Å². The fourth-order valence-electron chi connectivity index (χ4n) is 1.76. The zero-order valence-electron chi connectivity index (χ0n) is 9.52. The highest BCUT2D eigenvalue weighted by atomic mass is 16.5. The summed E-state index contributed by atoms with van der Waals surface area (Å²) in [5, 5.41) is 3.37. The molecule has 2 heteroatoms. The molecule has 1 unspecified atom stereocenters. The van der Waals surface area contributed by atoms with Gasteiger partial charge in [-0.05, 0) is 33.6 Å². The van der Waals surface area contributed by atoms with Crippen LogP contribution in [0.1, 0.15) is 40.0 Å². The van der Waals surface area contributed by atoms with Gasteiger partial charge in [0.2, 0.25) is 0 Å². The lowest BCUT2D eigenvalue weighted by atomic mass is 10.1. The van der Waals surface area contributed by atoms with Gasteiger partial charge in [0.05, 0.1) is 11.7 Å². The van der Waals surface area contributed by atoms with Gasteiger partial charge in [-0.3, -0.25) is 0 Å². The van der Waals surface area contributed by atoms with E-state index in [0.29, 0.717) is 6.10 Å². The summed E-state index contributed by atoms with van der Waals surface area (Å²) in [6.07, 6.45) is 3.69. The van der Waals surface area contributed by atoms with E-state index >= 15 is 0 Å². The van der Waals surface area contributed by atoms with Crippen molar-refractivity contribution in [2.75, 3.05) is 13.1 Å². The SMILES string of the molecule is CC#CCCNCC1CCC(C)(C)O1. The minimum Gasteiger partial charge on any atom is -0.371 e. The number of ether oxygens (including phenoxy) is 1. The monoisotopic (exact) mass is 195 g/mol. The third-order valence-corrected chi connectivity index (χ3v) is 2.53. The van der Waals surface area contributed by atoms with Gasteiger partial charge in [-0.1, -0.05) is 0 Å². The summed E-state index contributed by atoms with van der Waals surface area (Å²) in [6, 6.07) is 0. The van der Waals surface area contributed by atoms with Crippen LogP contribution in [0.25, 0.3) is 0 Å². The van der Waals surface area contributed by atoms with Crippen LogP contribution in [-0.4, -0.2) is 24.8 Å². The van der Waals surface area contributed by atoms with E-state index in [4.69, 9.17) is 4.74 Å². The fraction of sp³-hybridized carbons (Fsp3) is 0.833. The molecule has 0 amide bonds. The van der Waals surface area contributed by atoms with Crippen molar-refractivity contribution >= 4 is 0 Å². The van der Waals surface area contributed by atoms with Crippen LogP contribution in [-0.2, 0) is 4.74 Å². The van der Waals surface area contributed by atoms with E-state index in [2.05, 4.69) is 31.0 Å². The Morgan fingerprint density at radius 2 is 2.29 bits per heavy atom. The van der Waals surface area contributed by atoms with E-state index in [0.717, 1.165) is 19.5 Å². The molecule has 1 aliphatic rings. The van der Waals surface area contributed by atoms with Crippen LogP contribution in [0.3, 0.4) is 0 Å². The van der Waals surface area contributed by atoms with Crippen LogP contribution in [0.5, 0.6) is 0 Å². The predicted molar refractivity (Wildman–Crippen MR) is 59.1 cm³/mol. The molecule has 80 valence electrons. The third-order valence-electron chi connectivity index (χ3n) is 2.53. The smallest absolute Gasteiger partial charge is 0.0707 e. The Balaban J connectivity index is 2.05. The van der Waals surface area contributed by atoms with Gasteiger partial charge in [0, 0.05) is 19.5 Å². The molecule has 1 N–H and O–H groups in total. The normalized spacial score (nSPS) is 24.4. The summed E-state index contributed by atoms with van der Waals surface area (Å²) < 4.78 is 5.86. The van der Waals surface area contributed by atoms with Gasteiger partial charge in [-0.25, -0.2) is 0 Å². The molecule has 0 radical (unpaired) electrons. The molecule has 1 heterocycles. The van der Waals surface area contributed by atoms with Crippen LogP contribution < -0.4 is 5.32 Å². The average molecular weight is 195 g/mol. The molecule has 1 aliphatic heterocycles. The molecule has 0 aromatic rings. The highest BCUT2D eigenvalue weighted by molar-refractivity contribution is 4.95. The molecule has 1 atom stereocenters. The maximum absolute atomic E-state index is 5.86. The first-order chi connectivity index (χ1) is 6.64. The lowest BCUT2D eigenvalue weighted by molar-refractivity contribution is -0.0140. The second kappa shape index (κ2) is 5.38. The van der Waals surface area contributed by atoms with Crippen LogP contribution in [0.15, 0.2) is 0 Å². The van der Waals surface area contributed by atoms with Crippen LogP contribution in [0, 0.1) is 11.8 Å². The largest absolute Gasteiger partial charge is 0.371 e. The highest BCUT2D eigenvalue weighted by Crippen LogP contribution is 2.28. The highest BCUT2D eigenvalue weighted by Gasteiger charge is 2.30. The molecule has 14 heavy (non-hydrogen) atoms. The molecule has 2 nitrogen and oxygen atoms in total. The number of nitrogens with one attached hydrogen (secondary N) is 1. The molecule has 0 bridgehead atoms. The van der Waals surface area contributed by atoms with E-state index in [1.807, 2.05) is 6.92 Å². The maximum atomic E-state index is 5.86. The van der Waals surface area contributed by atoms with Crippen molar-refractivity contribution in [3.63, 3.8) is 0 Å². The third kappa shape index (κ3) is 4.13. The fourth-order valence-corrected chi connectivity index (χ4v) is 1.76. The van der Waals surface area contributed by atoms with E-state index < -0.39 is 0 Å². The second-order valence-electron chi connectivity index (χ2n) is 4.42. The van der Waals surface area contributed by atoms with E-state index in [1.165, 1.54) is 12.8 Å². The predicted octanol–water partition coefficient (Wildman–Crippen LogP) is 1.95. The number of hydrogen-bond acceptors (Lipinski definition) is 2. The van der Waals surface area contributed by atoms with E-state index in [-0.39, 0.29) is 5.60 Å². The van der Waals surface area contributed by atoms with Crippen LogP contribution in [0.2, 0.25) is 0 Å². The second-order valence-corrected chi connectivity index (χ2v) is 4.42. The topological polar surface area (TPSA) is 21.3 Å². The van der Waals surface area contributed by atoms with Crippen molar-refractivity contribution in [1.29, 1.82) is 0 Å². The first-order valence-electron chi connectivity index (χ1n) is 5.42. The van der Waals surface area contributed by atoms with Crippen molar-refractivity contribution in [3.8, 4) is 11.8 Å². The Morgan fingerprint density at radius 1 is 1.50 bits per heavy atom. The first-order valence-corrected chi connectivity index (χ1v) is 5.42. The quantitative estimate of drug-likeness (QED) is 0.547. The van der Waals surface area contributed by atoms with Crippen molar-refractivity contribution < 1.29 is 4.74 Å². The summed E-state index contributed by atoms with van der Waals surface area (Å²) in [5.41, 5.74) is 0.0928. The summed E-state index contributed by atoms with van der Waals surface area (Å²) in [4.78, 5) is 0. The Morgan fingerprint density at radius 3 is 2.86 bits per heavy atom. The van der Waals surface area contributed by atoms with Crippen molar-refractivity contribution in [2.45, 2.75) is 51.7 Å². The van der Waals surface area contributed by atoms with Gasteiger partial charge in [0.25, 0.3) is 0 Å². The van der Waals surface area contributed by atoms with Gasteiger partial charge in [0.15, 0.2) is 0 Å². The zero-order valence-corrected chi connectivity index (χ0v) is 9.52. The summed E-state index contributed by atoms with van der Waals surface area (Å²) in [6.45, 7) is 8.14. The van der Waals surface area contributed by atoms with Gasteiger partial charge < -0.3 is 10.1 Å². The molecule has 1 saturated heterocycles. The molecular formula is C12H21NO. The average Bonchev–Trinajstić information content (AvgIpc) is 2.45. The molecule has 1 fully saturated rings. The maximum Gasteiger partial charge on any atom is 0.0707 e. The summed E-state index contributed by atoms with van der Waals surface area (Å²) in [5.74, 6) is 5.92. The lowest BCUT2D eigenvalue weighted by Crippen LogP contribution is -2.29. The molecule has 0 aliphatic carbocycles. The van der Waals surface area contributed by atoms with Crippen molar-refractivity contribution in [1.82, 2.24) is 5.32 Å². The van der Waals surface area contributed by atoms with Crippen molar-refractivity contribution in [2.24, 2.45) is 0 Å². The molecule has 1 rings (SSSR count). The Kier molecular flexibility index (Phi) is 4.44. The summed E-state index contributed by atoms with van der Waals surface area (Å²) in [7, 11) is 0. The minimum absolute atomic E-state index is 0.0928. The van der Waals surface area contributed by atoms with Gasteiger partial charge in [-0.15, -0.1) is 11.8 Å². The van der Waals surface area contributed by atoms with Crippen LogP contribution >= 0.6 is 0 Å². The number of hydrogen-bond donors (Lipinski definition) is 1. The minimum atomic E-state index is 0.0928. The molecular weight excluding hydrogens is 174 g/mol.